The Morgan fingerprint density at radius 2 is 1.76 bits per heavy atom. The molecule has 1 aliphatic heterocycles. The van der Waals surface area contributed by atoms with Crippen molar-refractivity contribution in [1.29, 1.82) is 0 Å². The summed E-state index contributed by atoms with van der Waals surface area (Å²) < 4.78 is 21.6. The lowest BCUT2D eigenvalue weighted by atomic mass is 10.2. The molecular weight excluding hydrogens is 454 g/mol. The van der Waals surface area contributed by atoms with Gasteiger partial charge in [-0.05, 0) is 36.3 Å². The predicted octanol–water partition coefficient (Wildman–Crippen LogP) is 4.40. The largest absolute Gasteiger partial charge is 0.414 e. The molecule has 1 saturated heterocycles. The first-order chi connectivity index (χ1) is 14.9. The lowest BCUT2D eigenvalue weighted by Crippen LogP contribution is -2.45. The van der Waals surface area contributed by atoms with Crippen molar-refractivity contribution >= 4 is 33.7 Å². The number of nitrogens with zero attached hydrogens (tertiary/aromatic N) is 3. The molecule has 2 aromatic rings. The summed E-state index contributed by atoms with van der Waals surface area (Å²) in [4.78, 5) is 23.4. The number of H-pyrrole nitrogens is 1. The molecule has 0 spiro atoms. The Bertz CT molecular complexity index is 1050. The number of fused-ring (bicyclic) bond motifs is 1. The smallest absolute Gasteiger partial charge is 0.280 e. The van der Waals surface area contributed by atoms with Gasteiger partial charge in [-0.2, -0.15) is 4.98 Å². The maximum Gasteiger partial charge on any atom is 0.280 e. The van der Waals surface area contributed by atoms with E-state index in [1.807, 2.05) is 0 Å². The van der Waals surface area contributed by atoms with Crippen LogP contribution in [0.3, 0.4) is 0 Å². The van der Waals surface area contributed by atoms with Crippen LogP contribution in [0.25, 0.3) is 11.2 Å². The summed E-state index contributed by atoms with van der Waals surface area (Å²) in [6, 6.07) is 0. The normalized spacial score (nSPS) is 22.9. The highest BCUT2D eigenvalue weighted by atomic mass is 28.4. The van der Waals surface area contributed by atoms with Crippen molar-refractivity contribution in [1.82, 2.24) is 19.5 Å². The Morgan fingerprint density at radius 3 is 2.33 bits per heavy atom. The average Bonchev–Trinajstić information content (AvgIpc) is 3.21. The number of nitrogens with two attached hydrogens (primary N) is 1. The zero-order valence-electron chi connectivity index (χ0n) is 21.8. The van der Waals surface area contributed by atoms with E-state index in [9.17, 15) is 4.79 Å². The van der Waals surface area contributed by atoms with Crippen molar-refractivity contribution in [2.75, 3.05) is 12.3 Å². The number of hydrogen-bond donors (Lipinski definition) is 2. The van der Waals surface area contributed by atoms with E-state index in [0.717, 1.165) is 0 Å². The van der Waals surface area contributed by atoms with Gasteiger partial charge in [0.1, 0.15) is 0 Å². The van der Waals surface area contributed by atoms with Gasteiger partial charge in [-0.25, -0.2) is 4.98 Å². The molecule has 186 valence electrons. The van der Waals surface area contributed by atoms with Crippen LogP contribution in [0.15, 0.2) is 11.1 Å². The van der Waals surface area contributed by atoms with Crippen molar-refractivity contribution in [3.8, 4) is 0 Å². The summed E-state index contributed by atoms with van der Waals surface area (Å²) in [7, 11) is -4.02. The van der Waals surface area contributed by atoms with Gasteiger partial charge in [0, 0.05) is 6.42 Å². The van der Waals surface area contributed by atoms with Gasteiger partial charge in [0.15, 0.2) is 34.0 Å². The van der Waals surface area contributed by atoms with Crippen molar-refractivity contribution < 1.29 is 13.6 Å². The summed E-state index contributed by atoms with van der Waals surface area (Å²) in [5.74, 6) is 0.0481. The average molecular weight is 496 g/mol. The van der Waals surface area contributed by atoms with Gasteiger partial charge in [-0.3, -0.25) is 14.3 Å². The fraction of sp³-hybridized carbons (Fsp3) is 0.773. The highest BCUT2D eigenvalue weighted by molar-refractivity contribution is 6.74. The zero-order valence-corrected chi connectivity index (χ0v) is 23.8. The first-order valence-corrected chi connectivity index (χ1v) is 17.4. The third kappa shape index (κ3) is 5.27. The number of imidazole rings is 1. The summed E-state index contributed by atoms with van der Waals surface area (Å²) in [6.07, 6.45) is 1.49. The van der Waals surface area contributed by atoms with Gasteiger partial charge in [0.25, 0.3) is 5.56 Å². The lowest BCUT2D eigenvalue weighted by Gasteiger charge is -2.39. The quantitative estimate of drug-likeness (QED) is 0.570. The van der Waals surface area contributed by atoms with E-state index in [1.54, 1.807) is 10.9 Å². The van der Waals surface area contributed by atoms with Crippen LogP contribution in [0.1, 0.15) is 54.2 Å². The van der Waals surface area contributed by atoms with Crippen molar-refractivity contribution in [3.05, 3.63) is 16.7 Å². The maximum atomic E-state index is 12.3. The molecular formula is C22H41N5O4Si2. The molecule has 1 fully saturated rings. The molecule has 1 aliphatic rings. The highest BCUT2D eigenvalue weighted by Crippen LogP contribution is 2.43. The van der Waals surface area contributed by atoms with E-state index < -0.39 is 22.9 Å². The number of aromatic nitrogens is 4. The molecule has 0 radical (unpaired) electrons. The summed E-state index contributed by atoms with van der Waals surface area (Å²) >= 11 is 0. The van der Waals surface area contributed by atoms with Gasteiger partial charge in [0.05, 0.1) is 25.1 Å². The van der Waals surface area contributed by atoms with Crippen molar-refractivity contribution in [2.24, 2.45) is 0 Å². The Labute approximate surface area is 198 Å². The van der Waals surface area contributed by atoms with Gasteiger partial charge < -0.3 is 19.3 Å². The Balaban J connectivity index is 1.93. The van der Waals surface area contributed by atoms with Crippen LogP contribution in [-0.4, -0.2) is 55.0 Å². The van der Waals surface area contributed by atoms with Crippen LogP contribution in [-0.2, 0) is 13.6 Å². The van der Waals surface area contributed by atoms with E-state index in [1.165, 1.54) is 0 Å². The minimum Gasteiger partial charge on any atom is -0.414 e. The highest BCUT2D eigenvalue weighted by Gasteiger charge is 2.46. The summed E-state index contributed by atoms with van der Waals surface area (Å²) in [6.45, 7) is 22.8. The number of hydrogen-bond acceptors (Lipinski definition) is 7. The minimum absolute atomic E-state index is 0.0457. The van der Waals surface area contributed by atoms with Gasteiger partial charge >= 0.3 is 0 Å². The molecule has 11 heteroatoms. The molecule has 2 aromatic heterocycles. The van der Waals surface area contributed by atoms with E-state index in [4.69, 9.17) is 19.3 Å². The number of aromatic amines is 1. The number of anilines is 1. The van der Waals surface area contributed by atoms with Crippen molar-refractivity contribution in [2.45, 2.75) is 103 Å². The Morgan fingerprint density at radius 1 is 1.15 bits per heavy atom. The molecule has 0 saturated carbocycles. The van der Waals surface area contributed by atoms with Crippen LogP contribution in [0, 0.1) is 0 Å². The lowest BCUT2D eigenvalue weighted by molar-refractivity contribution is -0.0443. The molecule has 3 N–H and O–H groups in total. The number of rotatable bonds is 6. The monoisotopic (exact) mass is 495 g/mol. The van der Waals surface area contributed by atoms with Crippen LogP contribution in [0.4, 0.5) is 5.95 Å². The number of nitrogen functional groups attached to an aromatic ring is 1. The second-order valence-corrected chi connectivity index (χ2v) is 21.7. The minimum atomic E-state index is -2.09. The van der Waals surface area contributed by atoms with Crippen LogP contribution in [0.5, 0.6) is 0 Å². The molecule has 9 nitrogen and oxygen atoms in total. The SMILES string of the molecule is CC(C)(C)[Si](C)(C)OC[C@@H]1CC(O[Si](C)(C)C(C)(C)C)[C@H](n2cnc3c(=O)[nH]c(N)nc32)O1. The molecule has 0 bridgehead atoms. The molecule has 3 heterocycles. The second kappa shape index (κ2) is 8.60. The second-order valence-electron chi connectivity index (χ2n) is 12.1. The molecule has 33 heavy (non-hydrogen) atoms. The van der Waals surface area contributed by atoms with Crippen molar-refractivity contribution in [3.63, 3.8) is 0 Å². The topological polar surface area (TPSA) is 117 Å². The van der Waals surface area contributed by atoms with Crippen LogP contribution >= 0.6 is 0 Å². The number of ether oxygens (including phenoxy) is 1. The molecule has 0 aromatic carbocycles. The third-order valence-electron chi connectivity index (χ3n) is 7.56. The van der Waals surface area contributed by atoms with E-state index in [0.29, 0.717) is 18.7 Å². The first kappa shape index (κ1) is 26.1. The molecule has 0 amide bonds. The molecule has 0 aliphatic carbocycles. The third-order valence-corrected chi connectivity index (χ3v) is 16.6. The summed E-state index contributed by atoms with van der Waals surface area (Å²) in [5, 5.41) is 0.162. The fourth-order valence-corrected chi connectivity index (χ4v) is 5.74. The van der Waals surface area contributed by atoms with E-state index >= 15 is 0 Å². The number of nitrogens with one attached hydrogen (secondary N) is 1. The fourth-order valence-electron chi connectivity index (χ4n) is 3.38. The molecule has 3 rings (SSSR count). The van der Waals surface area contributed by atoms with Crippen LogP contribution in [0.2, 0.25) is 36.3 Å². The van der Waals surface area contributed by atoms with Gasteiger partial charge in [-0.15, -0.1) is 0 Å². The van der Waals surface area contributed by atoms with E-state index in [2.05, 4.69) is 82.7 Å². The Kier molecular flexibility index (Phi) is 6.79. The maximum absolute atomic E-state index is 12.3. The zero-order chi connectivity index (χ0) is 25.0. The first-order valence-electron chi connectivity index (χ1n) is 11.6. The predicted molar refractivity (Wildman–Crippen MR) is 136 cm³/mol. The molecule has 1 unspecified atom stereocenters. The molecule has 3 atom stereocenters. The van der Waals surface area contributed by atoms with Gasteiger partial charge in [0.2, 0.25) is 5.95 Å². The van der Waals surface area contributed by atoms with Crippen LogP contribution < -0.4 is 11.3 Å². The standard InChI is InChI=1S/C22H41N5O4Si2/c1-21(2,3)32(7,8)29-12-14-11-15(31-33(9,10)22(4,5)6)19(30-14)27-13-24-16-17(27)25-20(23)26-18(16)28/h13-15,19H,11-12H2,1-10H3,(H3,23,25,26,28)/t14-,15?,19+/m0/s1. The Hall–Kier alpha value is -1.54. The summed E-state index contributed by atoms with van der Waals surface area (Å²) in [5.41, 5.74) is 6.09. The van der Waals surface area contributed by atoms with E-state index in [-0.39, 0.29) is 39.3 Å². The van der Waals surface area contributed by atoms with Gasteiger partial charge in [-0.1, -0.05) is 41.5 Å².